The molecule has 7 heteroatoms. The predicted molar refractivity (Wildman–Crippen MR) is 109 cm³/mol. The summed E-state index contributed by atoms with van der Waals surface area (Å²) in [6.45, 7) is 3.95. The third-order valence-electron chi connectivity index (χ3n) is 4.69. The second-order valence-corrected chi connectivity index (χ2v) is 6.78. The summed E-state index contributed by atoms with van der Waals surface area (Å²) in [5.41, 5.74) is 3.24. The summed E-state index contributed by atoms with van der Waals surface area (Å²) < 4.78 is 13.8. The van der Waals surface area contributed by atoms with Crippen LogP contribution in [0.25, 0.3) is 5.65 Å². The van der Waals surface area contributed by atoms with E-state index >= 15 is 0 Å². The molecule has 28 heavy (non-hydrogen) atoms. The number of guanidine groups is 1. The number of benzene rings is 1. The molecule has 0 saturated heterocycles. The fourth-order valence-electron chi connectivity index (χ4n) is 3.23. The number of ether oxygens (including phenoxy) is 2. The Hall–Kier alpha value is -3.22. The number of hydrogen-bond donors (Lipinski definition) is 2. The van der Waals surface area contributed by atoms with Crippen LogP contribution in [0.15, 0.2) is 53.8 Å². The standard InChI is InChI=1S/C21H25N5O2/c1-15-6-5-11-26-13-16(25-20(15)26)9-10-23-21(22-2)24-12-17-14-27-18-7-3-4-8-19(18)28-17/h3-8,11,13,17H,9-10,12,14H2,1-2H3,(H2,22,23,24). The first-order chi connectivity index (χ1) is 13.7. The molecule has 0 saturated carbocycles. The summed E-state index contributed by atoms with van der Waals surface area (Å²) in [6, 6.07) is 11.8. The van der Waals surface area contributed by atoms with Gasteiger partial charge >= 0.3 is 0 Å². The third-order valence-corrected chi connectivity index (χ3v) is 4.69. The molecule has 7 nitrogen and oxygen atoms in total. The van der Waals surface area contributed by atoms with Crippen LogP contribution in [0, 0.1) is 6.92 Å². The van der Waals surface area contributed by atoms with E-state index in [1.54, 1.807) is 7.05 Å². The molecule has 1 aliphatic rings. The normalized spacial score (nSPS) is 16.2. The lowest BCUT2D eigenvalue weighted by Gasteiger charge is -2.27. The molecule has 2 aromatic heterocycles. The maximum Gasteiger partial charge on any atom is 0.191 e. The molecule has 3 aromatic rings. The van der Waals surface area contributed by atoms with Crippen molar-refractivity contribution in [1.29, 1.82) is 0 Å². The Bertz CT molecular complexity index is 982. The van der Waals surface area contributed by atoms with Gasteiger partial charge in [-0.15, -0.1) is 0 Å². The number of aliphatic imine (C=N–C) groups is 1. The van der Waals surface area contributed by atoms with Crippen LogP contribution in [0.2, 0.25) is 0 Å². The van der Waals surface area contributed by atoms with Crippen LogP contribution in [0.4, 0.5) is 0 Å². The highest BCUT2D eigenvalue weighted by molar-refractivity contribution is 5.79. The Morgan fingerprint density at radius 2 is 2.07 bits per heavy atom. The van der Waals surface area contributed by atoms with Gasteiger partial charge in [0.05, 0.1) is 12.2 Å². The van der Waals surface area contributed by atoms with Crippen molar-refractivity contribution in [3.8, 4) is 11.5 Å². The van der Waals surface area contributed by atoms with Gasteiger partial charge in [0.2, 0.25) is 0 Å². The van der Waals surface area contributed by atoms with E-state index in [0.29, 0.717) is 13.2 Å². The average molecular weight is 379 g/mol. The fraction of sp³-hybridized carbons (Fsp3) is 0.333. The highest BCUT2D eigenvalue weighted by atomic mass is 16.6. The Balaban J connectivity index is 1.25. The van der Waals surface area contributed by atoms with Gasteiger partial charge in [0.1, 0.15) is 18.4 Å². The molecule has 1 atom stereocenters. The minimum Gasteiger partial charge on any atom is -0.486 e. The largest absolute Gasteiger partial charge is 0.486 e. The lowest BCUT2D eigenvalue weighted by Crippen LogP contribution is -2.45. The smallest absolute Gasteiger partial charge is 0.191 e. The summed E-state index contributed by atoms with van der Waals surface area (Å²) >= 11 is 0. The first kappa shape index (κ1) is 18.2. The van der Waals surface area contributed by atoms with Gasteiger partial charge in [0.25, 0.3) is 0 Å². The number of aromatic nitrogens is 2. The molecular weight excluding hydrogens is 354 g/mol. The SMILES string of the molecule is CN=C(NCCc1cn2cccc(C)c2n1)NCC1COc2ccccc2O1. The van der Waals surface area contributed by atoms with Gasteiger partial charge in [-0.25, -0.2) is 4.98 Å². The predicted octanol–water partition coefficient (Wildman–Crippen LogP) is 2.19. The zero-order valence-corrected chi connectivity index (χ0v) is 16.2. The van der Waals surface area contributed by atoms with Crippen molar-refractivity contribution in [3.05, 3.63) is 60.0 Å². The van der Waals surface area contributed by atoms with Crippen molar-refractivity contribution in [2.45, 2.75) is 19.4 Å². The molecule has 0 radical (unpaired) electrons. The van der Waals surface area contributed by atoms with Crippen LogP contribution < -0.4 is 20.1 Å². The number of nitrogens with one attached hydrogen (secondary N) is 2. The fourth-order valence-corrected chi connectivity index (χ4v) is 3.23. The van der Waals surface area contributed by atoms with Crippen molar-refractivity contribution < 1.29 is 9.47 Å². The number of pyridine rings is 1. The van der Waals surface area contributed by atoms with E-state index < -0.39 is 0 Å². The summed E-state index contributed by atoms with van der Waals surface area (Å²) in [7, 11) is 1.76. The molecule has 1 aliphatic heterocycles. The van der Waals surface area contributed by atoms with Crippen LogP contribution in [-0.4, -0.2) is 48.2 Å². The highest BCUT2D eigenvalue weighted by Crippen LogP contribution is 2.30. The summed E-state index contributed by atoms with van der Waals surface area (Å²) in [5, 5.41) is 6.63. The van der Waals surface area contributed by atoms with Crippen LogP contribution in [-0.2, 0) is 6.42 Å². The quantitative estimate of drug-likeness (QED) is 0.525. The average Bonchev–Trinajstić information content (AvgIpc) is 3.15. The molecule has 1 unspecified atom stereocenters. The van der Waals surface area contributed by atoms with Gasteiger partial charge in [-0.1, -0.05) is 18.2 Å². The molecule has 4 rings (SSSR count). The third kappa shape index (κ3) is 4.03. The molecular formula is C21H25N5O2. The number of rotatable bonds is 5. The number of imidazole rings is 1. The van der Waals surface area contributed by atoms with Gasteiger partial charge in [0, 0.05) is 32.4 Å². The van der Waals surface area contributed by atoms with Crippen molar-refractivity contribution >= 4 is 11.6 Å². The van der Waals surface area contributed by atoms with Crippen molar-refractivity contribution in [2.75, 3.05) is 26.7 Å². The van der Waals surface area contributed by atoms with Gasteiger partial charge in [0.15, 0.2) is 17.5 Å². The maximum absolute atomic E-state index is 5.96. The highest BCUT2D eigenvalue weighted by Gasteiger charge is 2.20. The van der Waals surface area contributed by atoms with Crippen molar-refractivity contribution in [3.63, 3.8) is 0 Å². The second-order valence-electron chi connectivity index (χ2n) is 6.78. The molecule has 0 bridgehead atoms. The lowest BCUT2D eigenvalue weighted by atomic mass is 10.2. The van der Waals surface area contributed by atoms with Gasteiger partial charge < -0.3 is 24.5 Å². The Kier molecular flexibility index (Phi) is 5.32. The topological polar surface area (TPSA) is 72.2 Å². The van der Waals surface area contributed by atoms with E-state index in [1.807, 2.05) is 36.5 Å². The van der Waals surface area contributed by atoms with E-state index in [0.717, 1.165) is 41.8 Å². The van der Waals surface area contributed by atoms with Crippen LogP contribution in [0.3, 0.4) is 0 Å². The summed E-state index contributed by atoms with van der Waals surface area (Å²) in [5.74, 6) is 2.32. The maximum atomic E-state index is 5.96. The molecule has 0 aliphatic carbocycles. The van der Waals surface area contributed by atoms with Crippen LogP contribution >= 0.6 is 0 Å². The Morgan fingerprint density at radius 3 is 2.89 bits per heavy atom. The van der Waals surface area contributed by atoms with E-state index in [2.05, 4.69) is 39.2 Å². The van der Waals surface area contributed by atoms with Gasteiger partial charge in [-0.2, -0.15) is 0 Å². The van der Waals surface area contributed by atoms with Crippen molar-refractivity contribution in [2.24, 2.45) is 4.99 Å². The minimum absolute atomic E-state index is 0.0603. The van der Waals surface area contributed by atoms with Crippen LogP contribution in [0.1, 0.15) is 11.3 Å². The van der Waals surface area contributed by atoms with Gasteiger partial charge in [-0.05, 0) is 30.7 Å². The molecule has 0 spiro atoms. The molecule has 1 aromatic carbocycles. The number of fused-ring (bicyclic) bond motifs is 2. The van der Waals surface area contributed by atoms with Gasteiger partial charge in [-0.3, -0.25) is 4.99 Å². The van der Waals surface area contributed by atoms with E-state index in [4.69, 9.17) is 14.5 Å². The number of hydrogen-bond acceptors (Lipinski definition) is 4. The number of nitrogens with zero attached hydrogens (tertiary/aromatic N) is 3. The van der Waals surface area contributed by atoms with E-state index in [1.165, 1.54) is 5.56 Å². The summed E-state index contributed by atoms with van der Waals surface area (Å²) in [6.07, 6.45) is 4.86. The summed E-state index contributed by atoms with van der Waals surface area (Å²) in [4.78, 5) is 8.98. The molecule has 146 valence electrons. The molecule has 0 fully saturated rings. The monoisotopic (exact) mass is 379 g/mol. The Labute approximate surface area is 164 Å². The van der Waals surface area contributed by atoms with Crippen LogP contribution in [0.5, 0.6) is 11.5 Å². The second kappa shape index (κ2) is 8.21. The number of aryl methyl sites for hydroxylation is 1. The molecule has 3 heterocycles. The molecule has 2 N–H and O–H groups in total. The van der Waals surface area contributed by atoms with E-state index in [-0.39, 0.29) is 6.10 Å². The number of para-hydroxylation sites is 2. The lowest BCUT2D eigenvalue weighted by molar-refractivity contribution is 0.0936. The zero-order chi connectivity index (χ0) is 19.3. The zero-order valence-electron chi connectivity index (χ0n) is 16.2. The van der Waals surface area contributed by atoms with E-state index in [9.17, 15) is 0 Å². The molecule has 0 amide bonds. The van der Waals surface area contributed by atoms with Crippen molar-refractivity contribution in [1.82, 2.24) is 20.0 Å². The minimum atomic E-state index is -0.0603. The first-order valence-electron chi connectivity index (χ1n) is 9.49. The Morgan fingerprint density at radius 1 is 1.21 bits per heavy atom. The first-order valence-corrected chi connectivity index (χ1v) is 9.49.